The predicted molar refractivity (Wildman–Crippen MR) is 114 cm³/mol. The largest absolute Gasteiger partial charge is 0.493 e. The molecule has 0 aliphatic rings. The van der Waals surface area contributed by atoms with Gasteiger partial charge < -0.3 is 19.2 Å². The fraction of sp³-hybridized carbons (Fsp3) is 0.227. The van der Waals surface area contributed by atoms with Gasteiger partial charge in [-0.05, 0) is 55.3 Å². The monoisotopic (exact) mass is 425 g/mol. The third-order valence-electron chi connectivity index (χ3n) is 4.22. The number of fused-ring (bicyclic) bond motifs is 1. The molecule has 8 heteroatoms. The number of benzene rings is 2. The summed E-state index contributed by atoms with van der Waals surface area (Å²) in [7, 11) is 1.46. The second-order valence-corrected chi connectivity index (χ2v) is 6.81. The standard InChI is InChI=1S/C22H20ClN3O4/c1-4-29-20(27)12-30-21-16(23)9-14(10-19(21)28-3)8-15(11-24)22-25-17-6-5-13(2)7-18(17)26-22/h5-10H,4,12H2,1-3H3,(H,25,26). The zero-order valence-corrected chi connectivity index (χ0v) is 17.5. The average Bonchev–Trinajstić information content (AvgIpc) is 3.13. The van der Waals surface area contributed by atoms with E-state index in [-0.39, 0.29) is 24.0 Å². The highest BCUT2D eigenvalue weighted by molar-refractivity contribution is 6.32. The van der Waals surface area contributed by atoms with Crippen molar-refractivity contribution < 1.29 is 19.0 Å². The lowest BCUT2D eigenvalue weighted by molar-refractivity contribution is -0.145. The molecule has 0 fully saturated rings. The molecule has 0 unspecified atom stereocenters. The number of carbonyl (C=O) groups is 1. The number of esters is 1. The van der Waals surface area contributed by atoms with Gasteiger partial charge in [0.1, 0.15) is 11.9 Å². The molecule has 154 valence electrons. The van der Waals surface area contributed by atoms with E-state index in [1.165, 1.54) is 7.11 Å². The zero-order chi connectivity index (χ0) is 21.7. The molecule has 30 heavy (non-hydrogen) atoms. The van der Waals surface area contributed by atoms with Crippen LogP contribution in [-0.2, 0) is 9.53 Å². The number of H-pyrrole nitrogens is 1. The van der Waals surface area contributed by atoms with E-state index in [0.717, 1.165) is 16.6 Å². The van der Waals surface area contributed by atoms with Gasteiger partial charge in [-0.2, -0.15) is 5.26 Å². The topological polar surface area (TPSA) is 97.2 Å². The Morgan fingerprint density at radius 2 is 2.13 bits per heavy atom. The van der Waals surface area contributed by atoms with Gasteiger partial charge in [0.15, 0.2) is 18.1 Å². The van der Waals surface area contributed by atoms with E-state index >= 15 is 0 Å². The van der Waals surface area contributed by atoms with E-state index < -0.39 is 5.97 Å². The number of aryl methyl sites for hydroxylation is 1. The smallest absolute Gasteiger partial charge is 0.344 e. The summed E-state index contributed by atoms with van der Waals surface area (Å²) in [6, 6.07) is 11.3. The first-order valence-electron chi connectivity index (χ1n) is 9.19. The number of imidazole rings is 1. The third kappa shape index (κ3) is 4.73. The highest BCUT2D eigenvalue weighted by atomic mass is 35.5. The molecule has 1 heterocycles. The van der Waals surface area contributed by atoms with E-state index in [9.17, 15) is 10.1 Å². The van der Waals surface area contributed by atoms with Gasteiger partial charge in [-0.15, -0.1) is 0 Å². The summed E-state index contributed by atoms with van der Waals surface area (Å²) < 4.78 is 15.6. The Morgan fingerprint density at radius 3 is 2.83 bits per heavy atom. The summed E-state index contributed by atoms with van der Waals surface area (Å²) in [4.78, 5) is 19.2. The van der Waals surface area contributed by atoms with Gasteiger partial charge in [0.2, 0.25) is 0 Å². The highest BCUT2D eigenvalue weighted by Crippen LogP contribution is 2.37. The van der Waals surface area contributed by atoms with Crippen LogP contribution in [0.25, 0.3) is 22.7 Å². The van der Waals surface area contributed by atoms with E-state index in [1.807, 2.05) is 25.1 Å². The molecule has 0 spiro atoms. The number of carbonyl (C=O) groups excluding carboxylic acids is 1. The van der Waals surface area contributed by atoms with Crippen molar-refractivity contribution in [2.45, 2.75) is 13.8 Å². The van der Waals surface area contributed by atoms with Crippen molar-refractivity contribution >= 4 is 40.3 Å². The van der Waals surface area contributed by atoms with Crippen LogP contribution in [0, 0.1) is 18.3 Å². The van der Waals surface area contributed by atoms with Crippen molar-refractivity contribution in [2.24, 2.45) is 0 Å². The van der Waals surface area contributed by atoms with Crippen molar-refractivity contribution in [1.29, 1.82) is 5.26 Å². The summed E-state index contributed by atoms with van der Waals surface area (Å²) in [5.41, 5.74) is 3.67. The molecular weight excluding hydrogens is 406 g/mol. The summed E-state index contributed by atoms with van der Waals surface area (Å²) in [5.74, 6) is 0.500. The summed E-state index contributed by atoms with van der Waals surface area (Å²) >= 11 is 6.34. The number of aromatic amines is 1. The van der Waals surface area contributed by atoms with Gasteiger partial charge in [0.25, 0.3) is 0 Å². The van der Waals surface area contributed by atoms with Gasteiger partial charge in [-0.1, -0.05) is 17.7 Å². The molecule has 7 nitrogen and oxygen atoms in total. The number of hydrogen-bond acceptors (Lipinski definition) is 6. The molecule has 3 rings (SSSR count). The Hall–Kier alpha value is -3.50. The lowest BCUT2D eigenvalue weighted by Gasteiger charge is -2.13. The maximum absolute atomic E-state index is 11.5. The molecule has 2 aromatic carbocycles. The lowest BCUT2D eigenvalue weighted by atomic mass is 10.1. The normalized spacial score (nSPS) is 11.2. The van der Waals surface area contributed by atoms with Crippen LogP contribution in [0.15, 0.2) is 30.3 Å². The zero-order valence-electron chi connectivity index (χ0n) is 16.8. The summed E-state index contributed by atoms with van der Waals surface area (Å²) in [6.45, 7) is 3.67. The van der Waals surface area contributed by atoms with Gasteiger partial charge >= 0.3 is 5.97 Å². The van der Waals surface area contributed by atoms with Crippen LogP contribution in [0.3, 0.4) is 0 Å². The van der Waals surface area contributed by atoms with E-state index in [4.69, 9.17) is 25.8 Å². The molecule has 0 radical (unpaired) electrons. The molecule has 0 aliphatic heterocycles. The number of hydrogen-bond donors (Lipinski definition) is 1. The molecule has 3 aromatic rings. The van der Waals surface area contributed by atoms with Crippen LogP contribution >= 0.6 is 11.6 Å². The van der Waals surface area contributed by atoms with E-state index in [0.29, 0.717) is 22.7 Å². The SMILES string of the molecule is CCOC(=O)COc1c(Cl)cc(C=C(C#N)c2nc3ccc(C)cc3[nH]2)cc1OC. The maximum Gasteiger partial charge on any atom is 0.344 e. The number of halogens is 1. The Labute approximate surface area is 178 Å². The fourth-order valence-corrected chi connectivity index (χ4v) is 3.14. The van der Waals surface area contributed by atoms with Crippen molar-refractivity contribution in [3.63, 3.8) is 0 Å². The second kappa shape index (κ2) is 9.33. The van der Waals surface area contributed by atoms with Crippen LogP contribution in [0.2, 0.25) is 5.02 Å². The van der Waals surface area contributed by atoms with Gasteiger partial charge in [-0.25, -0.2) is 9.78 Å². The fourth-order valence-electron chi connectivity index (χ4n) is 2.87. The molecule has 0 bridgehead atoms. The van der Waals surface area contributed by atoms with Crippen LogP contribution in [0.4, 0.5) is 0 Å². The number of aromatic nitrogens is 2. The highest BCUT2D eigenvalue weighted by Gasteiger charge is 2.15. The molecule has 0 atom stereocenters. The van der Waals surface area contributed by atoms with Crippen LogP contribution in [0.5, 0.6) is 11.5 Å². The van der Waals surface area contributed by atoms with Gasteiger partial charge in [-0.3, -0.25) is 0 Å². The first kappa shape index (κ1) is 21.2. The van der Waals surface area contributed by atoms with Crippen LogP contribution < -0.4 is 9.47 Å². The first-order chi connectivity index (χ1) is 14.4. The van der Waals surface area contributed by atoms with Gasteiger partial charge in [0.05, 0.1) is 35.3 Å². The minimum Gasteiger partial charge on any atom is -0.493 e. The number of nitrogens with zero attached hydrogens (tertiary/aromatic N) is 2. The Bertz CT molecular complexity index is 1160. The maximum atomic E-state index is 11.5. The Kier molecular flexibility index (Phi) is 6.60. The Morgan fingerprint density at radius 1 is 1.33 bits per heavy atom. The van der Waals surface area contributed by atoms with E-state index in [2.05, 4.69) is 16.0 Å². The number of methoxy groups -OCH3 is 1. The summed E-state index contributed by atoms with van der Waals surface area (Å²) in [6.07, 6.45) is 1.65. The second-order valence-electron chi connectivity index (χ2n) is 6.40. The van der Waals surface area contributed by atoms with Crippen LogP contribution in [0.1, 0.15) is 23.9 Å². The quantitative estimate of drug-likeness (QED) is 0.441. The predicted octanol–water partition coefficient (Wildman–Crippen LogP) is 4.54. The van der Waals surface area contributed by atoms with Crippen LogP contribution in [-0.4, -0.2) is 36.3 Å². The number of nitrogens with one attached hydrogen (secondary N) is 1. The molecule has 0 saturated heterocycles. The number of rotatable bonds is 7. The number of allylic oxidation sites excluding steroid dienone is 1. The lowest BCUT2D eigenvalue weighted by Crippen LogP contribution is -2.15. The van der Waals surface area contributed by atoms with Crippen molar-refractivity contribution in [3.8, 4) is 17.6 Å². The summed E-state index contributed by atoms with van der Waals surface area (Å²) in [5, 5.41) is 9.89. The number of ether oxygens (including phenoxy) is 3. The molecule has 1 N–H and O–H groups in total. The number of nitriles is 1. The van der Waals surface area contributed by atoms with Crippen molar-refractivity contribution in [2.75, 3.05) is 20.3 Å². The minimum absolute atomic E-state index is 0.224. The van der Waals surface area contributed by atoms with Gasteiger partial charge in [0, 0.05) is 0 Å². The molecule has 0 saturated carbocycles. The average molecular weight is 426 g/mol. The van der Waals surface area contributed by atoms with Crippen molar-refractivity contribution in [3.05, 3.63) is 52.3 Å². The molecular formula is C22H20ClN3O4. The van der Waals surface area contributed by atoms with Crippen molar-refractivity contribution in [1.82, 2.24) is 9.97 Å². The van der Waals surface area contributed by atoms with E-state index in [1.54, 1.807) is 25.1 Å². The molecule has 1 aromatic heterocycles. The molecule has 0 aliphatic carbocycles. The minimum atomic E-state index is -0.508. The third-order valence-corrected chi connectivity index (χ3v) is 4.50. The Balaban J connectivity index is 1.93. The molecule has 0 amide bonds. The first-order valence-corrected chi connectivity index (χ1v) is 9.57.